The van der Waals surface area contributed by atoms with Gasteiger partial charge in [0, 0.05) is 0 Å². The van der Waals surface area contributed by atoms with Gasteiger partial charge in [-0.25, -0.2) is 0 Å². The van der Waals surface area contributed by atoms with Crippen molar-refractivity contribution in [2.75, 3.05) is 12.4 Å². The van der Waals surface area contributed by atoms with Crippen LogP contribution < -0.4 is 4.74 Å². The summed E-state index contributed by atoms with van der Waals surface area (Å²) in [6.45, 7) is 3.00. The molecular weight excluding hydrogens is 320 g/mol. The van der Waals surface area contributed by atoms with Gasteiger partial charge in [-0.05, 0) is 57.3 Å². The van der Waals surface area contributed by atoms with Gasteiger partial charge in [-0.1, -0.05) is 37.3 Å². The molecule has 0 aliphatic heterocycles. The van der Waals surface area contributed by atoms with Crippen molar-refractivity contribution in [2.45, 2.75) is 19.8 Å². The minimum atomic E-state index is 0.664. The second-order valence-electron chi connectivity index (χ2n) is 4.85. The van der Waals surface area contributed by atoms with Crippen LogP contribution in [0.4, 0.5) is 0 Å². The summed E-state index contributed by atoms with van der Waals surface area (Å²) in [5.74, 6) is 2.54. The Labute approximate surface area is 128 Å². The van der Waals surface area contributed by atoms with Gasteiger partial charge in [0.2, 0.25) is 0 Å². The van der Waals surface area contributed by atoms with Gasteiger partial charge in [0.1, 0.15) is 5.75 Å². The van der Waals surface area contributed by atoms with E-state index in [1.807, 2.05) is 12.1 Å². The SMILES string of the molecule is CC(CCS)CCOc1ccc2ccccc2c1Br. The van der Waals surface area contributed by atoms with E-state index in [1.165, 1.54) is 10.8 Å². The lowest BCUT2D eigenvalue weighted by atomic mass is 10.1. The Bertz CT molecular complexity index is 541. The second-order valence-corrected chi connectivity index (χ2v) is 6.09. The average Bonchev–Trinajstić information content (AvgIpc) is 2.42. The number of halogens is 1. The molecule has 2 aromatic rings. The predicted molar refractivity (Wildman–Crippen MR) is 89.4 cm³/mol. The first-order valence-corrected chi connectivity index (χ1v) is 8.06. The summed E-state index contributed by atoms with van der Waals surface area (Å²) in [6, 6.07) is 12.5. The molecule has 0 aromatic heterocycles. The third kappa shape index (κ3) is 3.90. The summed E-state index contributed by atoms with van der Waals surface area (Å²) in [7, 11) is 0. The Kier molecular flexibility index (Phi) is 5.59. The molecule has 1 atom stereocenters. The molecule has 1 nitrogen and oxygen atoms in total. The van der Waals surface area contributed by atoms with Gasteiger partial charge in [0.15, 0.2) is 0 Å². The largest absolute Gasteiger partial charge is 0.492 e. The molecule has 0 saturated heterocycles. The van der Waals surface area contributed by atoms with E-state index in [1.54, 1.807) is 0 Å². The van der Waals surface area contributed by atoms with Crippen molar-refractivity contribution in [1.29, 1.82) is 0 Å². The number of hydrogen-bond acceptors (Lipinski definition) is 2. The lowest BCUT2D eigenvalue weighted by Gasteiger charge is -2.13. The van der Waals surface area contributed by atoms with E-state index in [4.69, 9.17) is 4.74 Å². The Morgan fingerprint density at radius 3 is 2.74 bits per heavy atom. The van der Waals surface area contributed by atoms with Gasteiger partial charge in [-0.2, -0.15) is 12.6 Å². The summed E-state index contributed by atoms with van der Waals surface area (Å²) in [5, 5.41) is 2.42. The predicted octanol–water partition coefficient (Wildman–Crippen LogP) is 5.33. The van der Waals surface area contributed by atoms with Crippen LogP contribution in [-0.2, 0) is 0 Å². The average molecular weight is 339 g/mol. The standard InChI is InChI=1S/C16H19BrOS/c1-12(9-11-19)8-10-18-15-7-6-13-4-2-3-5-14(13)16(15)17/h2-7,12,19H,8-11H2,1H3. The maximum atomic E-state index is 5.89. The van der Waals surface area contributed by atoms with Gasteiger partial charge in [-0.15, -0.1) is 0 Å². The molecule has 2 rings (SSSR count). The molecule has 2 aromatic carbocycles. The Balaban J connectivity index is 2.03. The quantitative estimate of drug-likeness (QED) is 0.700. The Morgan fingerprint density at radius 2 is 1.95 bits per heavy atom. The molecule has 0 radical (unpaired) electrons. The van der Waals surface area contributed by atoms with Gasteiger partial charge < -0.3 is 4.74 Å². The van der Waals surface area contributed by atoms with Crippen molar-refractivity contribution in [3.63, 3.8) is 0 Å². The van der Waals surface area contributed by atoms with E-state index in [2.05, 4.69) is 59.7 Å². The highest BCUT2D eigenvalue weighted by Crippen LogP contribution is 2.33. The molecule has 0 aliphatic rings. The van der Waals surface area contributed by atoms with Crippen LogP contribution in [0, 0.1) is 5.92 Å². The zero-order valence-electron chi connectivity index (χ0n) is 11.1. The van der Waals surface area contributed by atoms with Crippen LogP contribution in [-0.4, -0.2) is 12.4 Å². The monoisotopic (exact) mass is 338 g/mol. The molecule has 0 saturated carbocycles. The van der Waals surface area contributed by atoms with Crippen molar-refractivity contribution in [3.05, 3.63) is 40.9 Å². The first kappa shape index (κ1) is 14.7. The summed E-state index contributed by atoms with van der Waals surface area (Å²) in [4.78, 5) is 0. The molecule has 102 valence electrons. The molecular formula is C16H19BrOS. The molecule has 0 heterocycles. The van der Waals surface area contributed by atoms with Crippen LogP contribution in [0.1, 0.15) is 19.8 Å². The topological polar surface area (TPSA) is 9.23 Å². The fourth-order valence-electron chi connectivity index (χ4n) is 2.06. The van der Waals surface area contributed by atoms with E-state index >= 15 is 0 Å². The van der Waals surface area contributed by atoms with E-state index in [9.17, 15) is 0 Å². The minimum Gasteiger partial charge on any atom is -0.492 e. The molecule has 0 spiro atoms. The maximum absolute atomic E-state index is 5.89. The van der Waals surface area contributed by atoms with Gasteiger partial charge in [0.25, 0.3) is 0 Å². The van der Waals surface area contributed by atoms with Crippen LogP contribution in [0.3, 0.4) is 0 Å². The molecule has 0 N–H and O–H groups in total. The first-order chi connectivity index (χ1) is 9.22. The molecule has 0 aliphatic carbocycles. The number of fused-ring (bicyclic) bond motifs is 1. The Morgan fingerprint density at radius 1 is 1.16 bits per heavy atom. The van der Waals surface area contributed by atoms with E-state index in [0.717, 1.165) is 35.4 Å². The van der Waals surface area contributed by atoms with Crippen molar-refractivity contribution in [3.8, 4) is 5.75 Å². The number of ether oxygens (including phenoxy) is 1. The summed E-state index contributed by atoms with van der Waals surface area (Å²) in [6.07, 6.45) is 2.21. The van der Waals surface area contributed by atoms with Crippen LogP contribution in [0.25, 0.3) is 10.8 Å². The maximum Gasteiger partial charge on any atom is 0.134 e. The highest BCUT2D eigenvalue weighted by molar-refractivity contribution is 9.10. The first-order valence-electron chi connectivity index (χ1n) is 6.63. The van der Waals surface area contributed by atoms with Gasteiger partial charge in [0.05, 0.1) is 11.1 Å². The third-order valence-corrected chi connectivity index (χ3v) is 4.39. The van der Waals surface area contributed by atoms with Crippen LogP contribution >= 0.6 is 28.6 Å². The van der Waals surface area contributed by atoms with Crippen LogP contribution in [0.5, 0.6) is 5.75 Å². The van der Waals surface area contributed by atoms with Crippen LogP contribution in [0.2, 0.25) is 0 Å². The molecule has 0 amide bonds. The normalized spacial score (nSPS) is 12.6. The minimum absolute atomic E-state index is 0.664. The molecule has 3 heteroatoms. The number of rotatable bonds is 6. The van der Waals surface area contributed by atoms with Gasteiger partial charge >= 0.3 is 0 Å². The second kappa shape index (κ2) is 7.20. The zero-order chi connectivity index (χ0) is 13.7. The summed E-state index contributed by atoms with van der Waals surface area (Å²) in [5.41, 5.74) is 0. The summed E-state index contributed by atoms with van der Waals surface area (Å²) >= 11 is 7.90. The van der Waals surface area contributed by atoms with Gasteiger partial charge in [-0.3, -0.25) is 0 Å². The van der Waals surface area contributed by atoms with Crippen molar-refractivity contribution >= 4 is 39.3 Å². The Hall–Kier alpha value is -0.670. The van der Waals surface area contributed by atoms with Crippen LogP contribution in [0.15, 0.2) is 40.9 Å². The van der Waals surface area contributed by atoms with Crippen molar-refractivity contribution in [2.24, 2.45) is 5.92 Å². The lowest BCUT2D eigenvalue weighted by Crippen LogP contribution is -2.05. The van der Waals surface area contributed by atoms with E-state index in [0.29, 0.717) is 5.92 Å². The lowest BCUT2D eigenvalue weighted by molar-refractivity contribution is 0.281. The fraction of sp³-hybridized carbons (Fsp3) is 0.375. The number of benzene rings is 2. The van der Waals surface area contributed by atoms with Crippen molar-refractivity contribution < 1.29 is 4.74 Å². The smallest absolute Gasteiger partial charge is 0.134 e. The number of hydrogen-bond donors (Lipinski definition) is 1. The molecule has 0 bridgehead atoms. The fourth-order valence-corrected chi connectivity index (χ4v) is 3.11. The molecule has 1 unspecified atom stereocenters. The van der Waals surface area contributed by atoms with Crippen molar-refractivity contribution in [1.82, 2.24) is 0 Å². The zero-order valence-corrected chi connectivity index (χ0v) is 13.6. The molecule has 0 fully saturated rings. The summed E-state index contributed by atoms with van der Waals surface area (Å²) < 4.78 is 6.94. The highest BCUT2D eigenvalue weighted by Gasteiger charge is 2.07. The third-order valence-electron chi connectivity index (χ3n) is 3.32. The molecule has 19 heavy (non-hydrogen) atoms. The highest BCUT2D eigenvalue weighted by atomic mass is 79.9. The van der Waals surface area contributed by atoms with E-state index in [-0.39, 0.29) is 0 Å². The van der Waals surface area contributed by atoms with E-state index < -0.39 is 0 Å². The number of thiol groups is 1.